The van der Waals surface area contributed by atoms with Crippen LogP contribution in [0.1, 0.15) is 31.2 Å². The summed E-state index contributed by atoms with van der Waals surface area (Å²) < 4.78 is 1.85. The highest BCUT2D eigenvalue weighted by molar-refractivity contribution is 5.91. The van der Waals surface area contributed by atoms with E-state index in [2.05, 4.69) is 10.4 Å². The zero-order valence-electron chi connectivity index (χ0n) is 12.0. The zero-order valence-corrected chi connectivity index (χ0v) is 12.0. The van der Waals surface area contributed by atoms with Crippen LogP contribution in [0.25, 0.3) is 0 Å². The summed E-state index contributed by atoms with van der Waals surface area (Å²) in [5.74, 6) is -0.00607. The molecule has 0 radical (unpaired) electrons. The molecule has 1 fully saturated rings. The Morgan fingerprint density at radius 3 is 2.90 bits per heavy atom. The molecule has 0 saturated heterocycles. The van der Waals surface area contributed by atoms with Gasteiger partial charge in [-0.3, -0.25) is 9.48 Å². The van der Waals surface area contributed by atoms with E-state index < -0.39 is 0 Å². The molecule has 1 aliphatic rings. The molecule has 1 aliphatic carbocycles. The van der Waals surface area contributed by atoms with E-state index in [0.29, 0.717) is 13.0 Å². The number of nitrogens with one attached hydrogen (secondary N) is 1. The molecule has 1 heterocycles. The van der Waals surface area contributed by atoms with E-state index in [1.54, 1.807) is 6.20 Å². The molecule has 0 atom stereocenters. The highest BCUT2D eigenvalue weighted by Crippen LogP contribution is 2.32. The summed E-state index contributed by atoms with van der Waals surface area (Å²) >= 11 is 0. The van der Waals surface area contributed by atoms with Crippen molar-refractivity contribution in [3.8, 4) is 0 Å². The van der Waals surface area contributed by atoms with Crippen LogP contribution < -0.4 is 11.1 Å². The Labute approximate surface area is 124 Å². The van der Waals surface area contributed by atoms with Gasteiger partial charge in [-0.15, -0.1) is 0 Å². The predicted octanol–water partition coefficient (Wildman–Crippen LogP) is 2.14. The van der Waals surface area contributed by atoms with Gasteiger partial charge in [0.2, 0.25) is 5.91 Å². The van der Waals surface area contributed by atoms with E-state index >= 15 is 0 Å². The van der Waals surface area contributed by atoms with Gasteiger partial charge in [-0.25, -0.2) is 0 Å². The van der Waals surface area contributed by atoms with Crippen LogP contribution in [0, 0.1) is 0 Å². The first-order valence-electron chi connectivity index (χ1n) is 7.28. The lowest BCUT2D eigenvalue weighted by Gasteiger charge is -2.37. The Kier molecular flexibility index (Phi) is 3.75. The number of hydrogen-bond donors (Lipinski definition) is 2. The van der Waals surface area contributed by atoms with Crippen molar-refractivity contribution in [3.63, 3.8) is 0 Å². The van der Waals surface area contributed by atoms with E-state index in [1.807, 2.05) is 41.2 Å². The molecule has 5 heteroatoms. The number of aromatic nitrogens is 2. The van der Waals surface area contributed by atoms with Gasteiger partial charge in [-0.05, 0) is 43.0 Å². The van der Waals surface area contributed by atoms with Crippen LogP contribution in [0.3, 0.4) is 0 Å². The number of carbonyl (C=O) groups is 1. The molecule has 110 valence electrons. The smallest absolute Gasteiger partial charge is 0.226 e. The van der Waals surface area contributed by atoms with Crippen molar-refractivity contribution < 1.29 is 4.79 Å². The lowest BCUT2D eigenvalue weighted by Crippen LogP contribution is -2.48. The number of nitrogens with two attached hydrogens (primary N) is 1. The minimum atomic E-state index is -0.281. The number of hydrogen-bond acceptors (Lipinski definition) is 3. The Hall–Kier alpha value is -2.14. The van der Waals surface area contributed by atoms with Crippen molar-refractivity contribution in [2.45, 2.75) is 37.8 Å². The summed E-state index contributed by atoms with van der Waals surface area (Å²) in [7, 11) is 0. The molecule has 1 saturated carbocycles. The summed E-state index contributed by atoms with van der Waals surface area (Å²) in [6.45, 7) is 0.692. The van der Waals surface area contributed by atoms with Crippen LogP contribution in [0.15, 0.2) is 42.7 Å². The predicted molar refractivity (Wildman–Crippen MR) is 81.8 cm³/mol. The summed E-state index contributed by atoms with van der Waals surface area (Å²) in [6.07, 6.45) is 7.09. The fraction of sp³-hybridized carbons (Fsp3) is 0.375. The van der Waals surface area contributed by atoms with Crippen LogP contribution in [0.5, 0.6) is 0 Å². The van der Waals surface area contributed by atoms with Gasteiger partial charge in [0.1, 0.15) is 0 Å². The Balaban J connectivity index is 1.61. The van der Waals surface area contributed by atoms with Crippen LogP contribution in [0.2, 0.25) is 0 Å². The SMILES string of the molecule is NC1(CC(=O)Nc2cccc(Cn3cccn3)c2)CCC1. The molecule has 5 nitrogen and oxygen atoms in total. The number of carbonyl (C=O) groups excluding carboxylic acids is 1. The summed E-state index contributed by atoms with van der Waals surface area (Å²) in [4.78, 5) is 12.0. The van der Waals surface area contributed by atoms with Gasteiger partial charge < -0.3 is 11.1 Å². The molecule has 1 aromatic heterocycles. The van der Waals surface area contributed by atoms with Crippen molar-refractivity contribution in [1.29, 1.82) is 0 Å². The van der Waals surface area contributed by atoms with E-state index in [-0.39, 0.29) is 11.4 Å². The second-order valence-electron chi connectivity index (χ2n) is 5.84. The fourth-order valence-electron chi connectivity index (χ4n) is 2.66. The highest BCUT2D eigenvalue weighted by Gasteiger charge is 2.34. The van der Waals surface area contributed by atoms with Gasteiger partial charge in [0.25, 0.3) is 0 Å². The van der Waals surface area contributed by atoms with Crippen LogP contribution >= 0.6 is 0 Å². The first-order chi connectivity index (χ1) is 10.1. The lowest BCUT2D eigenvalue weighted by atomic mass is 9.75. The average Bonchev–Trinajstić information content (AvgIpc) is 2.90. The van der Waals surface area contributed by atoms with Crippen LogP contribution in [-0.4, -0.2) is 21.2 Å². The van der Waals surface area contributed by atoms with Crippen molar-refractivity contribution in [3.05, 3.63) is 48.3 Å². The molecule has 21 heavy (non-hydrogen) atoms. The lowest BCUT2D eigenvalue weighted by molar-refractivity contribution is -0.118. The quantitative estimate of drug-likeness (QED) is 0.883. The third kappa shape index (κ3) is 3.49. The number of amides is 1. The van der Waals surface area contributed by atoms with Crippen LogP contribution in [-0.2, 0) is 11.3 Å². The second kappa shape index (κ2) is 5.69. The molecule has 2 aromatic rings. The van der Waals surface area contributed by atoms with Crippen molar-refractivity contribution in [2.75, 3.05) is 5.32 Å². The number of anilines is 1. The minimum Gasteiger partial charge on any atom is -0.326 e. The molecule has 3 N–H and O–H groups in total. The third-order valence-electron chi connectivity index (χ3n) is 3.98. The van der Waals surface area contributed by atoms with E-state index in [1.165, 1.54) is 0 Å². The summed E-state index contributed by atoms with van der Waals surface area (Å²) in [5, 5.41) is 7.12. The Morgan fingerprint density at radius 1 is 1.38 bits per heavy atom. The Bertz CT molecular complexity index is 617. The first-order valence-corrected chi connectivity index (χ1v) is 7.28. The molecule has 0 unspecified atom stereocenters. The normalized spacial score (nSPS) is 16.2. The first kappa shape index (κ1) is 13.8. The van der Waals surface area contributed by atoms with Crippen molar-refractivity contribution >= 4 is 11.6 Å². The third-order valence-corrected chi connectivity index (χ3v) is 3.98. The van der Waals surface area contributed by atoms with Crippen molar-refractivity contribution in [2.24, 2.45) is 5.73 Å². The molecule has 0 bridgehead atoms. The minimum absolute atomic E-state index is 0.00607. The van der Waals surface area contributed by atoms with E-state index in [0.717, 1.165) is 30.5 Å². The van der Waals surface area contributed by atoms with E-state index in [4.69, 9.17) is 5.73 Å². The summed E-state index contributed by atoms with van der Waals surface area (Å²) in [6, 6.07) is 9.73. The monoisotopic (exact) mass is 284 g/mol. The van der Waals surface area contributed by atoms with Gasteiger partial charge in [0.15, 0.2) is 0 Å². The molecule has 1 aromatic carbocycles. The van der Waals surface area contributed by atoms with Crippen molar-refractivity contribution in [1.82, 2.24) is 9.78 Å². The Morgan fingerprint density at radius 2 is 2.24 bits per heavy atom. The molecular weight excluding hydrogens is 264 g/mol. The van der Waals surface area contributed by atoms with E-state index in [9.17, 15) is 4.79 Å². The number of rotatable bonds is 5. The second-order valence-corrected chi connectivity index (χ2v) is 5.84. The fourth-order valence-corrected chi connectivity index (χ4v) is 2.66. The average molecular weight is 284 g/mol. The highest BCUT2D eigenvalue weighted by atomic mass is 16.1. The maximum atomic E-state index is 12.0. The molecule has 3 rings (SSSR count). The largest absolute Gasteiger partial charge is 0.326 e. The van der Waals surface area contributed by atoms with Gasteiger partial charge >= 0.3 is 0 Å². The van der Waals surface area contributed by atoms with Gasteiger partial charge in [0.05, 0.1) is 6.54 Å². The maximum absolute atomic E-state index is 12.0. The number of nitrogens with zero attached hydrogens (tertiary/aromatic N) is 2. The maximum Gasteiger partial charge on any atom is 0.226 e. The van der Waals surface area contributed by atoms with Crippen LogP contribution in [0.4, 0.5) is 5.69 Å². The van der Waals surface area contributed by atoms with Gasteiger partial charge in [-0.2, -0.15) is 5.10 Å². The topological polar surface area (TPSA) is 72.9 Å². The summed E-state index contributed by atoms with van der Waals surface area (Å²) in [5.41, 5.74) is 7.74. The molecular formula is C16H20N4O. The number of benzene rings is 1. The standard InChI is InChI=1S/C16H20N4O/c17-16(6-2-7-16)11-15(21)19-14-5-1-4-13(10-14)12-20-9-3-8-18-20/h1,3-5,8-10H,2,6-7,11-12,17H2,(H,19,21). The molecule has 0 spiro atoms. The van der Waals surface area contributed by atoms with Gasteiger partial charge in [0, 0.05) is 30.0 Å². The zero-order chi connectivity index (χ0) is 14.7. The molecule has 1 amide bonds. The van der Waals surface area contributed by atoms with Gasteiger partial charge in [-0.1, -0.05) is 12.1 Å². The molecule has 0 aliphatic heterocycles.